The fraction of sp³-hybridized carbons (Fsp3) is 0.417. The Morgan fingerprint density at radius 2 is 2.25 bits per heavy atom. The Hall–Kier alpha value is -1.09. The van der Waals surface area contributed by atoms with Crippen LogP contribution in [-0.4, -0.2) is 17.8 Å². The van der Waals surface area contributed by atoms with Crippen LogP contribution in [0, 0.1) is 12.7 Å². The summed E-state index contributed by atoms with van der Waals surface area (Å²) in [6.07, 6.45) is 0.696. The molecule has 0 heterocycles. The van der Waals surface area contributed by atoms with E-state index in [9.17, 15) is 9.18 Å². The lowest BCUT2D eigenvalue weighted by Crippen LogP contribution is -2.25. The largest absolute Gasteiger partial charge is 0.352 e. The molecule has 4 heteroatoms. The van der Waals surface area contributed by atoms with E-state index in [2.05, 4.69) is 5.32 Å². The van der Waals surface area contributed by atoms with Gasteiger partial charge in [-0.2, -0.15) is 0 Å². The molecule has 0 aromatic heterocycles. The Bertz CT molecular complexity index is 379. The van der Waals surface area contributed by atoms with Crippen LogP contribution in [-0.2, 0) is 0 Å². The first-order valence-electron chi connectivity index (χ1n) is 5.19. The van der Waals surface area contributed by atoms with E-state index in [4.69, 9.17) is 11.6 Å². The first-order chi connectivity index (χ1) is 7.50. The molecule has 1 amide bonds. The number of hydrogen-bond acceptors (Lipinski definition) is 1. The topological polar surface area (TPSA) is 29.1 Å². The summed E-state index contributed by atoms with van der Waals surface area (Å²) >= 11 is 5.74. The molecule has 1 aromatic carbocycles. The van der Waals surface area contributed by atoms with Crippen molar-refractivity contribution in [1.29, 1.82) is 0 Å². The minimum Gasteiger partial charge on any atom is -0.352 e. The maximum atomic E-state index is 13.2. The van der Waals surface area contributed by atoms with Gasteiger partial charge >= 0.3 is 0 Å². The fourth-order valence-electron chi connectivity index (χ4n) is 1.22. The number of amides is 1. The SMILES string of the molecule is Cc1ccc(C(=O)NCCC(C)Cl)cc1F. The Morgan fingerprint density at radius 3 is 2.81 bits per heavy atom. The molecule has 88 valence electrons. The van der Waals surface area contributed by atoms with Gasteiger partial charge in [0.2, 0.25) is 0 Å². The van der Waals surface area contributed by atoms with Crippen LogP contribution in [0.5, 0.6) is 0 Å². The number of benzene rings is 1. The van der Waals surface area contributed by atoms with E-state index in [-0.39, 0.29) is 17.1 Å². The maximum absolute atomic E-state index is 13.2. The summed E-state index contributed by atoms with van der Waals surface area (Å²) in [6, 6.07) is 4.45. The van der Waals surface area contributed by atoms with E-state index < -0.39 is 0 Å². The van der Waals surface area contributed by atoms with Crippen LogP contribution >= 0.6 is 11.6 Å². The average Bonchev–Trinajstić information content (AvgIpc) is 2.21. The summed E-state index contributed by atoms with van der Waals surface area (Å²) in [5.41, 5.74) is 0.872. The van der Waals surface area contributed by atoms with E-state index >= 15 is 0 Å². The highest BCUT2D eigenvalue weighted by Gasteiger charge is 2.07. The van der Waals surface area contributed by atoms with Gasteiger partial charge in [-0.1, -0.05) is 6.07 Å². The molecule has 16 heavy (non-hydrogen) atoms. The molecule has 0 fully saturated rings. The van der Waals surface area contributed by atoms with Gasteiger partial charge in [0, 0.05) is 17.5 Å². The normalized spacial score (nSPS) is 12.2. The van der Waals surface area contributed by atoms with Gasteiger partial charge in [-0.25, -0.2) is 4.39 Å². The van der Waals surface area contributed by atoms with Crippen molar-refractivity contribution in [1.82, 2.24) is 5.32 Å². The highest BCUT2D eigenvalue weighted by atomic mass is 35.5. The third-order valence-corrected chi connectivity index (χ3v) is 2.48. The number of alkyl halides is 1. The van der Waals surface area contributed by atoms with Crippen LogP contribution in [0.2, 0.25) is 0 Å². The zero-order valence-electron chi connectivity index (χ0n) is 9.39. The number of nitrogens with one attached hydrogen (secondary N) is 1. The summed E-state index contributed by atoms with van der Waals surface area (Å²) in [5, 5.41) is 2.71. The predicted molar refractivity (Wildman–Crippen MR) is 63.4 cm³/mol. The quantitative estimate of drug-likeness (QED) is 0.810. The molecule has 0 aliphatic carbocycles. The van der Waals surface area contributed by atoms with Gasteiger partial charge in [-0.3, -0.25) is 4.79 Å². The molecule has 2 nitrogen and oxygen atoms in total. The van der Waals surface area contributed by atoms with E-state index in [1.54, 1.807) is 19.1 Å². The van der Waals surface area contributed by atoms with Crippen LogP contribution in [0.15, 0.2) is 18.2 Å². The van der Waals surface area contributed by atoms with E-state index in [0.717, 1.165) is 0 Å². The van der Waals surface area contributed by atoms with Crippen molar-refractivity contribution < 1.29 is 9.18 Å². The van der Waals surface area contributed by atoms with Crippen molar-refractivity contribution in [2.45, 2.75) is 25.6 Å². The van der Waals surface area contributed by atoms with E-state index in [1.165, 1.54) is 6.07 Å². The number of carbonyl (C=O) groups excluding carboxylic acids is 1. The lowest BCUT2D eigenvalue weighted by atomic mass is 10.1. The molecular formula is C12H15ClFNO. The number of halogens is 2. The van der Waals surface area contributed by atoms with Crippen LogP contribution < -0.4 is 5.32 Å². The molecule has 1 atom stereocenters. The Labute approximate surface area is 99.8 Å². The predicted octanol–water partition coefficient (Wildman–Crippen LogP) is 2.88. The highest BCUT2D eigenvalue weighted by Crippen LogP contribution is 2.09. The van der Waals surface area contributed by atoms with Crippen molar-refractivity contribution in [2.75, 3.05) is 6.54 Å². The molecule has 1 unspecified atom stereocenters. The Balaban J connectivity index is 2.56. The number of hydrogen-bond donors (Lipinski definition) is 1. The lowest BCUT2D eigenvalue weighted by molar-refractivity contribution is 0.0953. The molecular weight excluding hydrogens is 229 g/mol. The minimum absolute atomic E-state index is 0.0232. The molecule has 1 aromatic rings. The maximum Gasteiger partial charge on any atom is 0.251 e. The van der Waals surface area contributed by atoms with Crippen molar-refractivity contribution >= 4 is 17.5 Å². The zero-order valence-corrected chi connectivity index (χ0v) is 10.1. The van der Waals surface area contributed by atoms with Gasteiger partial charge in [-0.15, -0.1) is 11.6 Å². The van der Waals surface area contributed by atoms with Crippen LogP contribution in [0.1, 0.15) is 29.3 Å². The van der Waals surface area contributed by atoms with E-state index in [0.29, 0.717) is 24.1 Å². The standard InChI is InChI=1S/C12H15ClFNO/c1-8-3-4-10(7-11(8)14)12(16)15-6-5-9(2)13/h3-4,7,9H,5-6H2,1-2H3,(H,15,16). The summed E-state index contributed by atoms with van der Waals surface area (Å²) in [7, 11) is 0. The molecule has 0 aliphatic rings. The summed E-state index contributed by atoms with van der Waals surface area (Å²) in [6.45, 7) is 4.02. The molecule has 0 radical (unpaired) electrons. The molecule has 1 N–H and O–H groups in total. The molecule has 1 rings (SSSR count). The second-order valence-corrected chi connectivity index (χ2v) is 4.53. The van der Waals surface area contributed by atoms with Crippen molar-refractivity contribution in [3.8, 4) is 0 Å². The van der Waals surface area contributed by atoms with Crippen LogP contribution in [0.4, 0.5) is 4.39 Å². The third-order valence-electron chi connectivity index (χ3n) is 2.26. The lowest BCUT2D eigenvalue weighted by Gasteiger charge is -2.06. The summed E-state index contributed by atoms with van der Waals surface area (Å²) in [5.74, 6) is -0.630. The van der Waals surface area contributed by atoms with Gasteiger partial charge in [0.1, 0.15) is 5.82 Å². The smallest absolute Gasteiger partial charge is 0.251 e. The second kappa shape index (κ2) is 5.85. The Morgan fingerprint density at radius 1 is 1.56 bits per heavy atom. The van der Waals surface area contributed by atoms with Gasteiger partial charge in [-0.05, 0) is 38.0 Å². The van der Waals surface area contributed by atoms with Crippen molar-refractivity contribution in [3.63, 3.8) is 0 Å². The molecule has 0 saturated carbocycles. The number of rotatable bonds is 4. The summed E-state index contributed by atoms with van der Waals surface area (Å²) < 4.78 is 13.2. The monoisotopic (exact) mass is 243 g/mol. The molecule has 0 bridgehead atoms. The van der Waals surface area contributed by atoms with Gasteiger partial charge < -0.3 is 5.32 Å². The zero-order chi connectivity index (χ0) is 12.1. The number of aryl methyl sites for hydroxylation is 1. The van der Waals surface area contributed by atoms with Crippen LogP contribution in [0.25, 0.3) is 0 Å². The van der Waals surface area contributed by atoms with Gasteiger partial charge in [0.15, 0.2) is 0 Å². The van der Waals surface area contributed by atoms with E-state index in [1.807, 2.05) is 6.92 Å². The summed E-state index contributed by atoms with van der Waals surface area (Å²) in [4.78, 5) is 11.6. The van der Waals surface area contributed by atoms with Crippen molar-refractivity contribution in [2.24, 2.45) is 0 Å². The van der Waals surface area contributed by atoms with Gasteiger partial charge in [0.25, 0.3) is 5.91 Å². The van der Waals surface area contributed by atoms with Crippen LogP contribution in [0.3, 0.4) is 0 Å². The van der Waals surface area contributed by atoms with Crippen molar-refractivity contribution in [3.05, 3.63) is 35.1 Å². The molecule has 0 spiro atoms. The van der Waals surface area contributed by atoms with Gasteiger partial charge in [0.05, 0.1) is 0 Å². The second-order valence-electron chi connectivity index (χ2n) is 3.79. The highest BCUT2D eigenvalue weighted by molar-refractivity contribution is 6.20. The first-order valence-corrected chi connectivity index (χ1v) is 5.62. The minimum atomic E-state index is -0.363. The first kappa shape index (κ1) is 13.0. The fourth-order valence-corrected chi connectivity index (χ4v) is 1.33. The molecule has 0 saturated heterocycles. The average molecular weight is 244 g/mol. The third kappa shape index (κ3) is 3.81. The Kier molecular flexibility index (Phi) is 4.74. The number of carbonyl (C=O) groups is 1. The molecule has 0 aliphatic heterocycles.